The van der Waals surface area contributed by atoms with Crippen molar-refractivity contribution in [2.45, 2.75) is 13.8 Å². The van der Waals surface area contributed by atoms with Gasteiger partial charge in [0.25, 0.3) is 5.56 Å². The molecule has 8 heteroatoms. The van der Waals surface area contributed by atoms with Gasteiger partial charge >= 0.3 is 5.56 Å². The highest BCUT2D eigenvalue weighted by molar-refractivity contribution is 7.15. The van der Waals surface area contributed by atoms with Crippen LogP contribution in [0.15, 0.2) is 94.6 Å². The SMILES string of the molecule is Cc1ccc(C)c(-c2nn(-c3ccccc3)cc2/C=c2\sc3nc(=O)c(-c4ccccc4)nn3c2=O)c1. The summed E-state index contributed by atoms with van der Waals surface area (Å²) in [6, 6.07) is 25.1. The van der Waals surface area contributed by atoms with Gasteiger partial charge in [0.15, 0.2) is 5.69 Å². The summed E-state index contributed by atoms with van der Waals surface area (Å²) in [6.07, 6.45) is 3.72. The van der Waals surface area contributed by atoms with Crippen LogP contribution in [0.4, 0.5) is 0 Å². The summed E-state index contributed by atoms with van der Waals surface area (Å²) in [5, 5.41) is 9.26. The quantitative estimate of drug-likeness (QED) is 0.360. The van der Waals surface area contributed by atoms with Gasteiger partial charge in [0.2, 0.25) is 4.96 Å². The molecule has 0 amide bonds. The van der Waals surface area contributed by atoms with Crippen LogP contribution in [0.3, 0.4) is 0 Å². The first-order chi connectivity index (χ1) is 18.0. The predicted octanol–water partition coefficient (Wildman–Crippen LogP) is 4.20. The van der Waals surface area contributed by atoms with Gasteiger partial charge in [-0.15, -0.1) is 0 Å². The summed E-state index contributed by atoms with van der Waals surface area (Å²) in [5.41, 5.74) is 5.62. The van der Waals surface area contributed by atoms with Crippen molar-refractivity contribution in [3.8, 4) is 28.2 Å². The lowest BCUT2D eigenvalue weighted by atomic mass is 10.0. The number of thiazole rings is 1. The standard InChI is InChI=1S/C29H21N5O2S/c1-18-13-14-19(2)23(15-18)25-21(17-33(31-25)22-11-7-4-8-12-22)16-24-28(36)34-29(37-24)30-27(35)26(32-34)20-9-5-3-6-10-20/h3-17H,1-2H3/b24-16-. The van der Waals surface area contributed by atoms with E-state index in [2.05, 4.69) is 28.3 Å². The highest BCUT2D eigenvalue weighted by atomic mass is 32.1. The molecule has 0 aliphatic rings. The Morgan fingerprint density at radius 2 is 1.57 bits per heavy atom. The molecule has 0 atom stereocenters. The van der Waals surface area contributed by atoms with E-state index in [1.54, 1.807) is 18.2 Å². The van der Waals surface area contributed by atoms with Crippen LogP contribution in [-0.4, -0.2) is 24.4 Å². The molecule has 3 heterocycles. The second kappa shape index (κ2) is 9.07. The van der Waals surface area contributed by atoms with E-state index in [1.807, 2.05) is 73.3 Å². The van der Waals surface area contributed by atoms with E-state index in [1.165, 1.54) is 4.52 Å². The fraction of sp³-hybridized carbons (Fsp3) is 0.0690. The molecule has 3 aromatic heterocycles. The average molecular weight is 504 g/mol. The number of rotatable bonds is 4. The lowest BCUT2D eigenvalue weighted by Crippen LogP contribution is -2.26. The zero-order valence-electron chi connectivity index (χ0n) is 20.1. The van der Waals surface area contributed by atoms with E-state index in [0.717, 1.165) is 45.0 Å². The monoisotopic (exact) mass is 503 g/mol. The predicted molar refractivity (Wildman–Crippen MR) is 146 cm³/mol. The van der Waals surface area contributed by atoms with Crippen LogP contribution < -0.4 is 15.7 Å². The van der Waals surface area contributed by atoms with Crippen molar-refractivity contribution in [1.29, 1.82) is 0 Å². The van der Waals surface area contributed by atoms with E-state index >= 15 is 0 Å². The third-order valence-electron chi connectivity index (χ3n) is 6.13. The third kappa shape index (κ3) is 4.17. The zero-order valence-corrected chi connectivity index (χ0v) is 20.9. The van der Waals surface area contributed by atoms with E-state index in [0.29, 0.717) is 10.1 Å². The van der Waals surface area contributed by atoms with Crippen LogP contribution in [0.1, 0.15) is 16.7 Å². The molecule has 7 nitrogen and oxygen atoms in total. The maximum atomic E-state index is 13.4. The fourth-order valence-electron chi connectivity index (χ4n) is 4.23. The zero-order chi connectivity index (χ0) is 25.5. The van der Waals surface area contributed by atoms with Crippen molar-refractivity contribution in [3.63, 3.8) is 0 Å². The first kappa shape index (κ1) is 22.8. The highest BCUT2D eigenvalue weighted by Gasteiger charge is 2.16. The highest BCUT2D eigenvalue weighted by Crippen LogP contribution is 2.28. The van der Waals surface area contributed by atoms with Gasteiger partial charge in [-0.05, 0) is 43.7 Å². The molecule has 0 N–H and O–H groups in total. The molecule has 37 heavy (non-hydrogen) atoms. The van der Waals surface area contributed by atoms with E-state index < -0.39 is 5.56 Å². The molecule has 6 aromatic rings. The van der Waals surface area contributed by atoms with Crippen molar-refractivity contribution < 1.29 is 0 Å². The first-order valence-electron chi connectivity index (χ1n) is 11.7. The fourth-order valence-corrected chi connectivity index (χ4v) is 5.13. The van der Waals surface area contributed by atoms with Gasteiger partial charge in [-0.1, -0.05) is 77.6 Å². The number of aryl methyl sites for hydroxylation is 2. The maximum absolute atomic E-state index is 13.4. The molecule has 0 spiro atoms. The van der Waals surface area contributed by atoms with Crippen molar-refractivity contribution >= 4 is 22.4 Å². The minimum Gasteiger partial charge on any atom is -0.266 e. The Kier molecular flexibility index (Phi) is 5.58. The molecule has 6 rings (SSSR count). The number of nitrogens with zero attached hydrogens (tertiary/aromatic N) is 5. The second-order valence-electron chi connectivity index (χ2n) is 8.77. The van der Waals surface area contributed by atoms with Gasteiger partial charge in [0.05, 0.1) is 10.2 Å². The molecule has 0 unspecified atom stereocenters. The molecule has 0 aliphatic heterocycles. The van der Waals surface area contributed by atoms with Crippen molar-refractivity contribution in [2.75, 3.05) is 0 Å². The van der Waals surface area contributed by atoms with Crippen LogP contribution in [-0.2, 0) is 0 Å². The molecular weight excluding hydrogens is 482 g/mol. The number of hydrogen-bond donors (Lipinski definition) is 0. The van der Waals surface area contributed by atoms with E-state index in [4.69, 9.17) is 5.10 Å². The number of aromatic nitrogens is 5. The number of fused-ring (bicyclic) bond motifs is 1. The summed E-state index contributed by atoms with van der Waals surface area (Å²) in [4.78, 5) is 30.5. The minimum atomic E-state index is -0.466. The molecule has 0 bridgehead atoms. The molecule has 0 radical (unpaired) electrons. The summed E-state index contributed by atoms with van der Waals surface area (Å²) in [6.45, 7) is 4.09. The van der Waals surface area contributed by atoms with E-state index in [-0.39, 0.29) is 16.2 Å². The Bertz CT molecular complexity index is 1940. The Morgan fingerprint density at radius 3 is 2.32 bits per heavy atom. The van der Waals surface area contributed by atoms with Gasteiger partial charge in [0.1, 0.15) is 5.69 Å². The van der Waals surface area contributed by atoms with Crippen LogP contribution >= 0.6 is 11.3 Å². The van der Waals surface area contributed by atoms with Crippen LogP contribution in [0, 0.1) is 13.8 Å². The normalized spacial score (nSPS) is 11.9. The molecule has 0 saturated heterocycles. The second-order valence-corrected chi connectivity index (χ2v) is 9.78. The van der Waals surface area contributed by atoms with Crippen LogP contribution in [0.25, 0.3) is 39.2 Å². The topological polar surface area (TPSA) is 82.2 Å². The Labute approximate surface area is 215 Å². The smallest absolute Gasteiger partial charge is 0.266 e. The van der Waals surface area contributed by atoms with Crippen molar-refractivity contribution in [2.24, 2.45) is 0 Å². The summed E-state index contributed by atoms with van der Waals surface area (Å²) in [5.74, 6) is 0. The number of para-hydroxylation sites is 1. The molecule has 0 aliphatic carbocycles. The van der Waals surface area contributed by atoms with Crippen LogP contribution in [0.2, 0.25) is 0 Å². The first-order valence-corrected chi connectivity index (χ1v) is 12.5. The summed E-state index contributed by atoms with van der Waals surface area (Å²) < 4.78 is 3.44. The Balaban J connectivity index is 1.57. The number of benzene rings is 3. The molecule has 3 aromatic carbocycles. The molecule has 0 saturated carbocycles. The lowest BCUT2D eigenvalue weighted by Gasteiger charge is -2.05. The van der Waals surface area contributed by atoms with Crippen molar-refractivity contribution in [3.05, 3.63) is 127 Å². The molecular formula is C29H21N5O2S. The van der Waals surface area contributed by atoms with E-state index in [9.17, 15) is 9.59 Å². The summed E-state index contributed by atoms with van der Waals surface area (Å²) in [7, 11) is 0. The van der Waals surface area contributed by atoms with Gasteiger partial charge < -0.3 is 0 Å². The largest absolute Gasteiger partial charge is 0.300 e. The maximum Gasteiger partial charge on any atom is 0.300 e. The summed E-state index contributed by atoms with van der Waals surface area (Å²) >= 11 is 1.14. The van der Waals surface area contributed by atoms with Crippen LogP contribution in [0.5, 0.6) is 0 Å². The third-order valence-corrected chi connectivity index (χ3v) is 7.09. The minimum absolute atomic E-state index is 0.146. The van der Waals surface area contributed by atoms with Crippen molar-refractivity contribution in [1.82, 2.24) is 24.4 Å². The average Bonchev–Trinajstić information content (AvgIpc) is 3.46. The van der Waals surface area contributed by atoms with Gasteiger partial charge in [-0.2, -0.15) is 19.7 Å². The van der Waals surface area contributed by atoms with Gasteiger partial charge in [-0.25, -0.2) is 4.68 Å². The Morgan fingerprint density at radius 1 is 0.838 bits per heavy atom. The van der Waals surface area contributed by atoms with Gasteiger partial charge in [0, 0.05) is 22.9 Å². The Hall–Kier alpha value is -4.69. The number of hydrogen-bond acceptors (Lipinski definition) is 6. The van der Waals surface area contributed by atoms with Gasteiger partial charge in [-0.3, -0.25) is 9.59 Å². The lowest BCUT2D eigenvalue weighted by molar-refractivity contribution is 0.873. The molecule has 180 valence electrons. The molecule has 0 fully saturated rings.